The fourth-order valence-corrected chi connectivity index (χ4v) is 3.55. The molecule has 0 aliphatic carbocycles. The molecule has 28 heavy (non-hydrogen) atoms. The Morgan fingerprint density at radius 2 is 1.75 bits per heavy atom. The average Bonchev–Trinajstić information content (AvgIpc) is 2.76. The molecule has 6 heteroatoms. The second-order valence-electron chi connectivity index (χ2n) is 6.83. The zero-order chi connectivity index (χ0) is 19.5. The van der Waals surface area contributed by atoms with Crippen LogP contribution in [0.1, 0.15) is 27.2 Å². The molecule has 0 atom stereocenters. The summed E-state index contributed by atoms with van der Waals surface area (Å²) in [6.07, 6.45) is 0.573. The Hall–Kier alpha value is -3.41. The number of carbonyl (C=O) groups excluding carboxylic acids is 1. The first-order valence-corrected chi connectivity index (χ1v) is 9.36. The molecule has 6 nitrogen and oxygen atoms in total. The maximum atomic E-state index is 13.2. The van der Waals surface area contributed by atoms with Crippen molar-refractivity contribution in [2.45, 2.75) is 19.5 Å². The maximum absolute atomic E-state index is 13.2. The van der Waals surface area contributed by atoms with Crippen LogP contribution in [-0.2, 0) is 19.5 Å². The monoisotopic (exact) mass is 374 g/mol. The van der Waals surface area contributed by atoms with Crippen molar-refractivity contribution >= 4 is 11.9 Å². The number of fused-ring (bicyclic) bond motifs is 1. The lowest BCUT2D eigenvalue weighted by atomic mass is 10.1. The number of aromatic nitrogens is 2. The molecular formula is C22H22N4O2. The highest BCUT2D eigenvalue weighted by Gasteiger charge is 2.26. The third-order valence-corrected chi connectivity index (χ3v) is 5.03. The molecule has 0 bridgehead atoms. The quantitative estimate of drug-likeness (QED) is 0.762. The normalized spacial score (nSPS) is 13.1. The Balaban J connectivity index is 1.68. The van der Waals surface area contributed by atoms with Crippen LogP contribution in [0.3, 0.4) is 0 Å². The van der Waals surface area contributed by atoms with Gasteiger partial charge in [-0.05, 0) is 17.7 Å². The molecule has 3 aromatic rings. The molecule has 1 aliphatic heterocycles. The molecule has 1 amide bonds. The van der Waals surface area contributed by atoms with Gasteiger partial charge in [0.2, 0.25) is 5.95 Å². The summed E-state index contributed by atoms with van der Waals surface area (Å²) in [6, 6.07) is 19.0. The smallest absolute Gasteiger partial charge is 0.260 e. The van der Waals surface area contributed by atoms with E-state index in [1.54, 1.807) is 28.6 Å². The lowest BCUT2D eigenvalue weighted by Gasteiger charge is -2.29. The van der Waals surface area contributed by atoms with Gasteiger partial charge in [-0.2, -0.15) is 0 Å². The van der Waals surface area contributed by atoms with Crippen molar-refractivity contribution in [1.82, 2.24) is 14.5 Å². The van der Waals surface area contributed by atoms with Crippen molar-refractivity contribution in [3.63, 3.8) is 0 Å². The van der Waals surface area contributed by atoms with Crippen molar-refractivity contribution in [3.8, 4) is 0 Å². The molecule has 0 saturated carbocycles. The largest absolute Gasteiger partial charge is 0.359 e. The van der Waals surface area contributed by atoms with Gasteiger partial charge in [-0.15, -0.1) is 0 Å². The summed E-state index contributed by atoms with van der Waals surface area (Å²) in [5.41, 5.74) is 2.94. The van der Waals surface area contributed by atoms with Crippen molar-refractivity contribution in [2.75, 3.05) is 18.9 Å². The van der Waals surface area contributed by atoms with Gasteiger partial charge in [-0.1, -0.05) is 48.5 Å². The molecule has 2 aromatic carbocycles. The third-order valence-electron chi connectivity index (χ3n) is 5.03. The maximum Gasteiger partial charge on any atom is 0.260 e. The van der Waals surface area contributed by atoms with E-state index in [1.807, 2.05) is 48.5 Å². The van der Waals surface area contributed by atoms with Crippen molar-refractivity contribution < 1.29 is 4.79 Å². The van der Waals surface area contributed by atoms with Gasteiger partial charge in [0.05, 0.1) is 24.3 Å². The molecule has 142 valence electrons. The minimum atomic E-state index is -0.0937. The van der Waals surface area contributed by atoms with Gasteiger partial charge >= 0.3 is 0 Å². The fourth-order valence-electron chi connectivity index (χ4n) is 3.55. The SMILES string of the molecule is CNc1nc2c(c(=O)n1Cc1ccccc1)CN(C(=O)c1ccccc1)CC2. The summed E-state index contributed by atoms with van der Waals surface area (Å²) >= 11 is 0. The highest BCUT2D eigenvalue weighted by Crippen LogP contribution is 2.19. The standard InChI is InChI=1S/C22H22N4O2/c1-23-22-24-19-12-13-25(20(27)17-10-6-3-7-11-17)15-18(19)21(28)26(22)14-16-8-4-2-5-9-16/h2-11H,12-15H2,1H3,(H,23,24). The van der Waals surface area contributed by atoms with E-state index in [2.05, 4.69) is 10.3 Å². The van der Waals surface area contributed by atoms with Crippen LogP contribution in [0.4, 0.5) is 5.95 Å². The van der Waals surface area contributed by atoms with E-state index in [4.69, 9.17) is 0 Å². The molecule has 1 N–H and O–H groups in total. The second-order valence-corrected chi connectivity index (χ2v) is 6.83. The molecule has 2 heterocycles. The van der Waals surface area contributed by atoms with E-state index < -0.39 is 0 Å². The minimum Gasteiger partial charge on any atom is -0.359 e. The van der Waals surface area contributed by atoms with Gasteiger partial charge in [0.1, 0.15) is 0 Å². The van der Waals surface area contributed by atoms with Crippen LogP contribution in [0, 0.1) is 0 Å². The first-order valence-electron chi connectivity index (χ1n) is 9.36. The number of benzene rings is 2. The van der Waals surface area contributed by atoms with Gasteiger partial charge in [-0.25, -0.2) is 4.98 Å². The second kappa shape index (κ2) is 7.68. The van der Waals surface area contributed by atoms with Crippen LogP contribution in [0.5, 0.6) is 0 Å². The number of amides is 1. The van der Waals surface area contributed by atoms with Gasteiger partial charge < -0.3 is 10.2 Å². The molecule has 0 spiro atoms. The number of nitrogens with zero attached hydrogens (tertiary/aromatic N) is 3. The van der Waals surface area contributed by atoms with Gasteiger partial charge in [0, 0.05) is 25.6 Å². The van der Waals surface area contributed by atoms with Gasteiger partial charge in [-0.3, -0.25) is 14.2 Å². The Morgan fingerprint density at radius 1 is 1.07 bits per heavy atom. The Kier molecular flexibility index (Phi) is 4.93. The Labute approximate surface area is 163 Å². The fraction of sp³-hybridized carbons (Fsp3) is 0.227. The lowest BCUT2D eigenvalue weighted by Crippen LogP contribution is -2.41. The first-order chi connectivity index (χ1) is 13.7. The number of rotatable bonds is 4. The minimum absolute atomic E-state index is 0.0575. The van der Waals surface area contributed by atoms with Crippen LogP contribution in [-0.4, -0.2) is 34.0 Å². The summed E-state index contributed by atoms with van der Waals surface area (Å²) in [5, 5.41) is 3.04. The van der Waals surface area contributed by atoms with Crippen LogP contribution >= 0.6 is 0 Å². The highest BCUT2D eigenvalue weighted by atomic mass is 16.2. The third kappa shape index (κ3) is 3.41. The number of carbonyl (C=O) groups is 1. The number of hydrogen-bond acceptors (Lipinski definition) is 4. The molecule has 1 aromatic heterocycles. The van der Waals surface area contributed by atoms with Crippen LogP contribution in [0.25, 0.3) is 0 Å². The van der Waals surface area contributed by atoms with Gasteiger partial charge in [0.25, 0.3) is 11.5 Å². The van der Waals surface area contributed by atoms with Crippen LogP contribution in [0.15, 0.2) is 65.5 Å². The zero-order valence-electron chi connectivity index (χ0n) is 15.8. The molecule has 0 radical (unpaired) electrons. The summed E-state index contributed by atoms with van der Waals surface area (Å²) in [4.78, 5) is 32.4. The van der Waals surface area contributed by atoms with Crippen molar-refractivity contribution in [2.24, 2.45) is 0 Å². The lowest BCUT2D eigenvalue weighted by molar-refractivity contribution is 0.0732. The molecule has 0 unspecified atom stereocenters. The summed E-state index contributed by atoms with van der Waals surface area (Å²) in [6.45, 7) is 1.27. The van der Waals surface area contributed by atoms with Crippen LogP contribution in [0.2, 0.25) is 0 Å². The summed E-state index contributed by atoms with van der Waals surface area (Å²) in [7, 11) is 1.77. The number of anilines is 1. The van der Waals surface area contributed by atoms with Gasteiger partial charge in [0.15, 0.2) is 0 Å². The van der Waals surface area contributed by atoms with E-state index in [-0.39, 0.29) is 18.0 Å². The highest BCUT2D eigenvalue weighted by molar-refractivity contribution is 5.94. The topological polar surface area (TPSA) is 67.2 Å². The molecule has 0 saturated heterocycles. The molecule has 1 aliphatic rings. The average molecular weight is 374 g/mol. The van der Waals surface area contributed by atoms with E-state index in [9.17, 15) is 9.59 Å². The Bertz CT molecular complexity index is 1050. The Morgan fingerprint density at radius 3 is 2.43 bits per heavy atom. The van der Waals surface area contributed by atoms with Crippen molar-refractivity contribution in [3.05, 3.63) is 93.4 Å². The first kappa shape index (κ1) is 18.0. The van der Waals surface area contributed by atoms with E-state index in [1.165, 1.54) is 0 Å². The van der Waals surface area contributed by atoms with Crippen LogP contribution < -0.4 is 10.9 Å². The molecule has 0 fully saturated rings. The van der Waals surface area contributed by atoms with Crippen molar-refractivity contribution in [1.29, 1.82) is 0 Å². The predicted molar refractivity (Wildman–Crippen MR) is 108 cm³/mol. The number of nitrogens with one attached hydrogen (secondary N) is 1. The molecule has 4 rings (SSSR count). The molecular weight excluding hydrogens is 352 g/mol. The zero-order valence-corrected chi connectivity index (χ0v) is 15.8. The summed E-state index contributed by atoms with van der Waals surface area (Å²) in [5.74, 6) is 0.494. The number of hydrogen-bond donors (Lipinski definition) is 1. The van der Waals surface area contributed by atoms with E-state index in [0.717, 1.165) is 11.3 Å². The van der Waals surface area contributed by atoms with E-state index >= 15 is 0 Å². The summed E-state index contributed by atoms with van der Waals surface area (Å²) < 4.78 is 1.64. The van der Waals surface area contributed by atoms with E-state index in [0.29, 0.717) is 36.6 Å². The predicted octanol–water partition coefficient (Wildman–Crippen LogP) is 2.53.